The van der Waals surface area contributed by atoms with Crippen molar-refractivity contribution in [3.63, 3.8) is 0 Å². The van der Waals surface area contributed by atoms with E-state index in [-0.39, 0.29) is 24.6 Å². The molecule has 2 N–H and O–H groups in total. The predicted molar refractivity (Wildman–Crippen MR) is 82.2 cm³/mol. The van der Waals surface area contributed by atoms with Crippen LogP contribution < -0.4 is 5.32 Å². The summed E-state index contributed by atoms with van der Waals surface area (Å²) in [5.74, 6) is -1.39. The van der Waals surface area contributed by atoms with Crippen LogP contribution in [0.4, 0.5) is 10.1 Å². The molecule has 5 heteroatoms. The zero-order valence-electron chi connectivity index (χ0n) is 12.8. The molecule has 2 rings (SSSR count). The number of nitrogens with one attached hydrogen (secondary N) is 1. The van der Waals surface area contributed by atoms with Crippen LogP contribution in [0.15, 0.2) is 18.2 Å². The molecule has 1 aliphatic carbocycles. The van der Waals surface area contributed by atoms with Gasteiger partial charge >= 0.3 is 5.97 Å². The molecule has 1 aliphatic rings. The molecule has 1 saturated carbocycles. The summed E-state index contributed by atoms with van der Waals surface area (Å²) in [5.41, 5.74) is 0.791. The highest BCUT2D eigenvalue weighted by Gasteiger charge is 2.36. The second kappa shape index (κ2) is 6.90. The highest BCUT2D eigenvalue weighted by Crippen LogP contribution is 2.42. The van der Waals surface area contributed by atoms with Crippen molar-refractivity contribution in [3.8, 4) is 0 Å². The number of carboxylic acids is 1. The van der Waals surface area contributed by atoms with E-state index in [4.69, 9.17) is 5.11 Å². The molecular weight excluding hydrogens is 285 g/mol. The molecule has 1 aromatic rings. The van der Waals surface area contributed by atoms with E-state index < -0.39 is 11.4 Å². The SMILES string of the molecule is Cc1cc(F)ccc1NC(=O)CC1(CC(=O)O)CCCCC1. The fourth-order valence-corrected chi connectivity index (χ4v) is 3.34. The summed E-state index contributed by atoms with van der Waals surface area (Å²) in [5, 5.41) is 11.9. The van der Waals surface area contributed by atoms with E-state index in [0.717, 1.165) is 32.1 Å². The maximum Gasteiger partial charge on any atom is 0.303 e. The van der Waals surface area contributed by atoms with Gasteiger partial charge in [0.1, 0.15) is 5.82 Å². The Morgan fingerprint density at radius 2 is 1.91 bits per heavy atom. The first-order valence-corrected chi connectivity index (χ1v) is 7.68. The molecule has 0 spiro atoms. The number of carbonyl (C=O) groups is 2. The molecule has 0 unspecified atom stereocenters. The van der Waals surface area contributed by atoms with Gasteiger partial charge in [0.25, 0.3) is 0 Å². The van der Waals surface area contributed by atoms with Gasteiger partial charge < -0.3 is 10.4 Å². The monoisotopic (exact) mass is 307 g/mol. The molecule has 0 aliphatic heterocycles. The topological polar surface area (TPSA) is 66.4 Å². The van der Waals surface area contributed by atoms with E-state index in [0.29, 0.717) is 11.3 Å². The van der Waals surface area contributed by atoms with E-state index in [1.807, 2.05) is 0 Å². The minimum Gasteiger partial charge on any atom is -0.481 e. The summed E-state index contributed by atoms with van der Waals surface area (Å²) < 4.78 is 13.1. The second-order valence-electron chi connectivity index (χ2n) is 6.32. The summed E-state index contributed by atoms with van der Waals surface area (Å²) in [6, 6.07) is 4.20. The Morgan fingerprint density at radius 3 is 2.50 bits per heavy atom. The molecule has 22 heavy (non-hydrogen) atoms. The lowest BCUT2D eigenvalue weighted by molar-refractivity contribution is -0.140. The van der Waals surface area contributed by atoms with Crippen LogP contribution in [0.25, 0.3) is 0 Å². The van der Waals surface area contributed by atoms with Gasteiger partial charge in [0.05, 0.1) is 6.42 Å². The van der Waals surface area contributed by atoms with E-state index >= 15 is 0 Å². The third kappa shape index (κ3) is 4.29. The van der Waals surface area contributed by atoms with Gasteiger partial charge in [-0.05, 0) is 48.9 Å². The van der Waals surface area contributed by atoms with Crippen molar-refractivity contribution in [2.24, 2.45) is 5.41 Å². The number of rotatable bonds is 5. The van der Waals surface area contributed by atoms with Crippen LogP contribution in [-0.4, -0.2) is 17.0 Å². The predicted octanol–water partition coefficient (Wildman–Crippen LogP) is 3.89. The fourth-order valence-electron chi connectivity index (χ4n) is 3.34. The quantitative estimate of drug-likeness (QED) is 0.867. The van der Waals surface area contributed by atoms with Gasteiger partial charge in [0, 0.05) is 12.1 Å². The van der Waals surface area contributed by atoms with Gasteiger partial charge in [-0.1, -0.05) is 19.3 Å². The molecule has 0 atom stereocenters. The van der Waals surface area contributed by atoms with E-state index in [1.165, 1.54) is 18.2 Å². The largest absolute Gasteiger partial charge is 0.481 e. The van der Waals surface area contributed by atoms with Crippen LogP contribution in [0, 0.1) is 18.2 Å². The number of carboxylic acid groups (broad SMARTS) is 1. The van der Waals surface area contributed by atoms with Crippen LogP contribution in [-0.2, 0) is 9.59 Å². The van der Waals surface area contributed by atoms with Crippen molar-refractivity contribution in [2.75, 3.05) is 5.32 Å². The fraction of sp³-hybridized carbons (Fsp3) is 0.529. The van der Waals surface area contributed by atoms with Gasteiger partial charge in [-0.25, -0.2) is 4.39 Å². The van der Waals surface area contributed by atoms with Crippen molar-refractivity contribution in [1.29, 1.82) is 0 Å². The molecule has 0 saturated heterocycles. The number of benzene rings is 1. The number of anilines is 1. The molecule has 0 heterocycles. The first-order chi connectivity index (χ1) is 10.4. The lowest BCUT2D eigenvalue weighted by Gasteiger charge is -2.35. The number of aryl methyl sites for hydroxylation is 1. The maximum atomic E-state index is 13.1. The van der Waals surface area contributed by atoms with Gasteiger partial charge in [0.15, 0.2) is 0 Å². The normalized spacial score (nSPS) is 17.0. The average Bonchev–Trinajstić information content (AvgIpc) is 2.42. The summed E-state index contributed by atoms with van der Waals surface area (Å²) in [4.78, 5) is 23.4. The Labute approximate surface area is 129 Å². The Balaban J connectivity index is 2.06. The number of hydrogen-bond acceptors (Lipinski definition) is 2. The first-order valence-electron chi connectivity index (χ1n) is 7.68. The van der Waals surface area contributed by atoms with Gasteiger partial charge in [-0.2, -0.15) is 0 Å². The summed E-state index contributed by atoms with van der Waals surface area (Å²) in [6.07, 6.45) is 4.81. The van der Waals surface area contributed by atoms with Gasteiger partial charge in [-0.3, -0.25) is 9.59 Å². The standard InChI is InChI=1S/C17H22FNO3/c1-12-9-13(18)5-6-14(12)19-15(20)10-17(11-16(21)22)7-3-2-4-8-17/h5-6,9H,2-4,7-8,10-11H2,1H3,(H,19,20)(H,21,22). The van der Waals surface area contributed by atoms with Crippen LogP contribution in [0.3, 0.4) is 0 Å². The number of amides is 1. The lowest BCUT2D eigenvalue weighted by atomic mass is 9.69. The minimum absolute atomic E-state index is 0.0306. The lowest BCUT2D eigenvalue weighted by Crippen LogP contribution is -2.32. The Hall–Kier alpha value is -1.91. The highest BCUT2D eigenvalue weighted by molar-refractivity contribution is 5.92. The maximum absolute atomic E-state index is 13.1. The average molecular weight is 307 g/mol. The summed E-state index contributed by atoms with van der Waals surface area (Å²) >= 11 is 0. The molecule has 0 aromatic heterocycles. The molecular formula is C17H22FNO3. The molecule has 0 bridgehead atoms. The molecule has 1 fully saturated rings. The van der Waals surface area contributed by atoms with Crippen molar-refractivity contribution in [1.82, 2.24) is 0 Å². The van der Waals surface area contributed by atoms with Crippen LogP contribution in [0.2, 0.25) is 0 Å². The number of carbonyl (C=O) groups excluding carboxylic acids is 1. The molecule has 1 aromatic carbocycles. The zero-order valence-corrected chi connectivity index (χ0v) is 12.8. The van der Waals surface area contributed by atoms with Gasteiger partial charge in [-0.15, -0.1) is 0 Å². The van der Waals surface area contributed by atoms with E-state index in [2.05, 4.69) is 5.32 Å². The van der Waals surface area contributed by atoms with Gasteiger partial charge in [0.2, 0.25) is 5.91 Å². The van der Waals surface area contributed by atoms with Crippen molar-refractivity contribution in [2.45, 2.75) is 51.9 Å². The Morgan fingerprint density at radius 1 is 1.23 bits per heavy atom. The number of aliphatic carboxylic acids is 1. The molecule has 0 radical (unpaired) electrons. The van der Waals surface area contributed by atoms with Crippen LogP contribution in [0.1, 0.15) is 50.5 Å². The molecule has 4 nitrogen and oxygen atoms in total. The smallest absolute Gasteiger partial charge is 0.303 e. The Kier molecular flexibility index (Phi) is 5.16. The van der Waals surface area contributed by atoms with Crippen molar-refractivity contribution >= 4 is 17.6 Å². The molecule has 120 valence electrons. The number of hydrogen-bond donors (Lipinski definition) is 2. The summed E-state index contributed by atoms with van der Waals surface area (Å²) in [7, 11) is 0. The van der Waals surface area contributed by atoms with Crippen LogP contribution in [0.5, 0.6) is 0 Å². The third-order valence-electron chi connectivity index (χ3n) is 4.44. The van der Waals surface area contributed by atoms with E-state index in [1.54, 1.807) is 6.92 Å². The van der Waals surface area contributed by atoms with E-state index in [9.17, 15) is 14.0 Å². The zero-order chi connectivity index (χ0) is 16.2. The first kappa shape index (κ1) is 16.5. The molecule has 1 amide bonds. The number of halogens is 1. The van der Waals surface area contributed by atoms with Crippen molar-refractivity contribution in [3.05, 3.63) is 29.6 Å². The third-order valence-corrected chi connectivity index (χ3v) is 4.44. The van der Waals surface area contributed by atoms with Crippen molar-refractivity contribution < 1.29 is 19.1 Å². The van der Waals surface area contributed by atoms with Crippen LogP contribution >= 0.6 is 0 Å². The minimum atomic E-state index is -0.854. The Bertz CT molecular complexity index is 565. The second-order valence-corrected chi connectivity index (χ2v) is 6.32. The summed E-state index contributed by atoms with van der Waals surface area (Å²) in [6.45, 7) is 1.73. The highest BCUT2D eigenvalue weighted by atomic mass is 19.1.